The van der Waals surface area contributed by atoms with Crippen molar-refractivity contribution in [3.8, 4) is 5.75 Å². The van der Waals surface area contributed by atoms with Crippen LogP contribution in [0.5, 0.6) is 5.75 Å². The summed E-state index contributed by atoms with van der Waals surface area (Å²) in [4.78, 5) is 26.7. The maximum absolute atomic E-state index is 13.0. The molecule has 3 aromatic rings. The van der Waals surface area contributed by atoms with Gasteiger partial charge in [-0.05, 0) is 65.8 Å². The Kier molecular flexibility index (Phi) is 6.11. The van der Waals surface area contributed by atoms with Crippen molar-refractivity contribution in [2.75, 3.05) is 4.90 Å². The fraction of sp³-hybridized carbons (Fsp3) is 0.0417. The highest BCUT2D eigenvalue weighted by atomic mass is 35.5. The summed E-state index contributed by atoms with van der Waals surface area (Å²) in [5.41, 5.74) is 2.29. The zero-order valence-electron chi connectivity index (χ0n) is 16.2. The summed E-state index contributed by atoms with van der Waals surface area (Å²) < 4.78 is 5.77. The minimum atomic E-state index is -0.523. The molecule has 31 heavy (non-hydrogen) atoms. The monoisotopic (exact) mass is 448 g/mol. The van der Waals surface area contributed by atoms with Crippen molar-refractivity contribution in [1.29, 1.82) is 0 Å². The average molecular weight is 449 g/mol. The molecule has 0 aromatic heterocycles. The zero-order valence-corrected chi connectivity index (χ0v) is 17.8. The van der Waals surface area contributed by atoms with Gasteiger partial charge in [0.1, 0.15) is 17.9 Å². The number of benzene rings is 3. The number of thiocarbonyl (C=S) groups is 1. The number of hydrogen-bond acceptors (Lipinski definition) is 4. The van der Waals surface area contributed by atoms with E-state index in [9.17, 15) is 9.59 Å². The first kappa shape index (κ1) is 20.8. The average Bonchev–Trinajstić information content (AvgIpc) is 2.78. The molecule has 7 heteroatoms. The number of anilines is 1. The first-order valence-corrected chi connectivity index (χ1v) is 10.2. The van der Waals surface area contributed by atoms with Crippen LogP contribution >= 0.6 is 23.8 Å². The number of nitrogens with zero attached hydrogens (tertiary/aromatic N) is 1. The van der Waals surface area contributed by atoms with E-state index in [2.05, 4.69) is 5.32 Å². The number of rotatable bonds is 5. The van der Waals surface area contributed by atoms with E-state index in [4.69, 9.17) is 28.6 Å². The third-order valence-electron chi connectivity index (χ3n) is 4.63. The second kappa shape index (κ2) is 9.12. The topological polar surface area (TPSA) is 58.6 Å². The minimum absolute atomic E-state index is 0.00675. The third kappa shape index (κ3) is 4.82. The van der Waals surface area contributed by atoms with Gasteiger partial charge < -0.3 is 4.74 Å². The number of hydrogen-bond donors (Lipinski definition) is 1. The smallest absolute Gasteiger partial charge is 0.270 e. The highest BCUT2D eigenvalue weighted by Gasteiger charge is 2.34. The molecule has 1 heterocycles. The predicted octanol–water partition coefficient (Wildman–Crippen LogP) is 4.75. The molecule has 2 amide bonds. The number of halogens is 1. The van der Waals surface area contributed by atoms with Crippen LogP contribution in [0.4, 0.5) is 5.69 Å². The lowest BCUT2D eigenvalue weighted by Gasteiger charge is -2.28. The summed E-state index contributed by atoms with van der Waals surface area (Å²) in [6, 6.07) is 23.5. The molecule has 0 radical (unpaired) electrons. The lowest BCUT2D eigenvalue weighted by molar-refractivity contribution is -0.122. The molecule has 0 unspecified atom stereocenters. The fourth-order valence-electron chi connectivity index (χ4n) is 3.04. The molecule has 0 saturated carbocycles. The number of carbonyl (C=O) groups excluding carboxylic acids is 2. The molecule has 1 aliphatic heterocycles. The quantitative estimate of drug-likeness (QED) is 0.347. The van der Waals surface area contributed by atoms with Crippen molar-refractivity contribution in [2.24, 2.45) is 0 Å². The van der Waals surface area contributed by atoms with Gasteiger partial charge in [0.15, 0.2) is 5.11 Å². The van der Waals surface area contributed by atoms with Gasteiger partial charge in [-0.2, -0.15) is 0 Å². The van der Waals surface area contributed by atoms with Crippen LogP contribution in [0.3, 0.4) is 0 Å². The first-order chi connectivity index (χ1) is 15.0. The van der Waals surface area contributed by atoms with E-state index in [-0.39, 0.29) is 10.7 Å². The number of nitrogens with one attached hydrogen (secondary N) is 1. The van der Waals surface area contributed by atoms with Crippen molar-refractivity contribution in [1.82, 2.24) is 5.32 Å². The molecule has 3 aromatic carbocycles. The largest absolute Gasteiger partial charge is 0.489 e. The summed E-state index contributed by atoms with van der Waals surface area (Å²) in [5, 5.41) is 3.31. The molecule has 0 aliphatic carbocycles. The van der Waals surface area contributed by atoms with Crippen LogP contribution in [0.2, 0.25) is 5.02 Å². The molecule has 154 valence electrons. The molecule has 5 nitrogen and oxygen atoms in total. The Morgan fingerprint density at radius 1 is 0.935 bits per heavy atom. The first-order valence-electron chi connectivity index (χ1n) is 9.45. The van der Waals surface area contributed by atoms with E-state index in [1.54, 1.807) is 54.6 Å². The standard InChI is InChI=1S/C24H17ClN2O3S/c25-18-10-6-17(7-11-18)15-30-20-12-8-16(9-13-20)14-21-22(28)26-24(31)27(23(21)29)19-4-2-1-3-5-19/h1-14H,15H2,(H,26,28,31)/b21-14+. The van der Waals surface area contributed by atoms with Gasteiger partial charge in [0.25, 0.3) is 11.8 Å². The highest BCUT2D eigenvalue weighted by Crippen LogP contribution is 2.23. The molecular formula is C24H17ClN2O3S. The molecule has 0 bridgehead atoms. The van der Waals surface area contributed by atoms with E-state index in [1.807, 2.05) is 30.3 Å². The number of ether oxygens (including phenoxy) is 1. The third-order valence-corrected chi connectivity index (χ3v) is 5.16. The van der Waals surface area contributed by atoms with E-state index in [0.29, 0.717) is 28.6 Å². The normalized spacial score (nSPS) is 15.2. The maximum Gasteiger partial charge on any atom is 0.270 e. The van der Waals surface area contributed by atoms with Crippen molar-refractivity contribution in [3.63, 3.8) is 0 Å². The van der Waals surface area contributed by atoms with Gasteiger partial charge in [-0.1, -0.05) is 54.1 Å². The van der Waals surface area contributed by atoms with Gasteiger partial charge in [0.2, 0.25) is 0 Å². The van der Waals surface area contributed by atoms with Crippen LogP contribution in [-0.4, -0.2) is 16.9 Å². The van der Waals surface area contributed by atoms with Crippen LogP contribution in [0.15, 0.2) is 84.4 Å². The van der Waals surface area contributed by atoms with Gasteiger partial charge in [-0.15, -0.1) is 0 Å². The van der Waals surface area contributed by atoms with E-state index in [1.165, 1.54) is 4.90 Å². The molecule has 1 fully saturated rings. The maximum atomic E-state index is 13.0. The van der Waals surface area contributed by atoms with Crippen molar-refractivity contribution in [2.45, 2.75) is 6.61 Å². The summed E-state index contributed by atoms with van der Waals surface area (Å²) in [7, 11) is 0. The molecule has 0 spiro atoms. The lowest BCUT2D eigenvalue weighted by atomic mass is 10.1. The van der Waals surface area contributed by atoms with Crippen molar-refractivity contribution in [3.05, 3.63) is 101 Å². The SMILES string of the molecule is O=C1NC(=S)N(c2ccccc2)C(=O)/C1=C/c1ccc(OCc2ccc(Cl)cc2)cc1. The van der Waals surface area contributed by atoms with E-state index >= 15 is 0 Å². The van der Waals surface area contributed by atoms with Gasteiger partial charge in [-0.25, -0.2) is 0 Å². The van der Waals surface area contributed by atoms with Crippen LogP contribution in [0.1, 0.15) is 11.1 Å². The molecule has 1 saturated heterocycles. The van der Waals surface area contributed by atoms with Crippen molar-refractivity contribution < 1.29 is 14.3 Å². The van der Waals surface area contributed by atoms with E-state index in [0.717, 1.165) is 5.56 Å². The fourth-order valence-corrected chi connectivity index (χ4v) is 3.45. The van der Waals surface area contributed by atoms with Gasteiger partial charge in [0, 0.05) is 5.02 Å². The number of amides is 2. The second-order valence-electron chi connectivity index (χ2n) is 6.78. The van der Waals surface area contributed by atoms with Crippen LogP contribution in [0, 0.1) is 0 Å². The van der Waals surface area contributed by atoms with Crippen LogP contribution in [-0.2, 0) is 16.2 Å². The summed E-state index contributed by atoms with van der Waals surface area (Å²) in [5.74, 6) is -0.322. The van der Waals surface area contributed by atoms with Crippen molar-refractivity contribution >= 4 is 52.5 Å². The predicted molar refractivity (Wildman–Crippen MR) is 125 cm³/mol. The molecule has 1 N–H and O–H groups in total. The molecule has 1 aliphatic rings. The number of para-hydroxylation sites is 1. The molecule has 4 rings (SSSR count). The van der Waals surface area contributed by atoms with E-state index < -0.39 is 11.8 Å². The van der Waals surface area contributed by atoms with Crippen LogP contribution in [0.25, 0.3) is 6.08 Å². The Morgan fingerprint density at radius 2 is 1.61 bits per heavy atom. The lowest BCUT2D eigenvalue weighted by Crippen LogP contribution is -2.54. The molecular weight excluding hydrogens is 432 g/mol. The Labute approximate surface area is 189 Å². The molecule has 0 atom stereocenters. The summed E-state index contributed by atoms with van der Waals surface area (Å²) >= 11 is 11.1. The highest BCUT2D eigenvalue weighted by molar-refractivity contribution is 7.80. The second-order valence-corrected chi connectivity index (χ2v) is 7.60. The minimum Gasteiger partial charge on any atom is -0.489 e. The Hall–Kier alpha value is -3.48. The van der Waals surface area contributed by atoms with Gasteiger partial charge in [-0.3, -0.25) is 19.8 Å². The number of carbonyl (C=O) groups is 2. The zero-order chi connectivity index (χ0) is 21.8. The van der Waals surface area contributed by atoms with Crippen LogP contribution < -0.4 is 15.0 Å². The summed E-state index contributed by atoms with van der Waals surface area (Å²) in [6.07, 6.45) is 1.54. The Bertz CT molecular complexity index is 1160. The Balaban J connectivity index is 1.50. The Morgan fingerprint density at radius 3 is 2.29 bits per heavy atom. The van der Waals surface area contributed by atoms with Gasteiger partial charge >= 0.3 is 0 Å². The summed E-state index contributed by atoms with van der Waals surface area (Å²) in [6.45, 7) is 0.405. The van der Waals surface area contributed by atoms with Gasteiger partial charge in [0.05, 0.1) is 5.69 Å².